The number of aryl methyl sites for hydroxylation is 1. The molecule has 0 amide bonds. The fourth-order valence-corrected chi connectivity index (χ4v) is 3.89. The molecule has 130 valence electrons. The molecular formula is C18H23FN2O2S. The van der Waals surface area contributed by atoms with Crippen LogP contribution in [0.4, 0.5) is 4.39 Å². The second-order valence-corrected chi connectivity index (χ2v) is 7.46. The van der Waals surface area contributed by atoms with E-state index in [4.69, 9.17) is 9.47 Å². The normalized spacial score (nSPS) is 13.9. The van der Waals surface area contributed by atoms with Crippen molar-refractivity contribution in [1.82, 2.24) is 9.55 Å². The molecule has 0 radical (unpaired) electrons. The molecule has 1 aromatic heterocycles. The van der Waals surface area contributed by atoms with Gasteiger partial charge in [0.25, 0.3) is 0 Å². The van der Waals surface area contributed by atoms with Gasteiger partial charge in [0.05, 0.1) is 12.3 Å². The Labute approximate surface area is 146 Å². The topological polar surface area (TPSA) is 36.3 Å². The highest BCUT2D eigenvalue weighted by atomic mass is 32.2. The zero-order chi connectivity index (χ0) is 17.3. The number of rotatable bonds is 5. The molecular weight excluding hydrogens is 327 g/mol. The highest BCUT2D eigenvalue weighted by Crippen LogP contribution is 2.34. The van der Waals surface area contributed by atoms with Crippen LogP contribution in [0, 0.1) is 25.6 Å². The summed E-state index contributed by atoms with van der Waals surface area (Å²) in [6, 6.07) is 3.03. The van der Waals surface area contributed by atoms with Crippen LogP contribution in [0.5, 0.6) is 5.75 Å². The first-order valence-corrected chi connectivity index (χ1v) is 9.12. The maximum Gasteiger partial charge on any atom is 0.189 e. The molecule has 0 fully saturated rings. The third-order valence-corrected chi connectivity index (χ3v) is 5.10. The average Bonchev–Trinajstić information content (AvgIpc) is 2.79. The van der Waals surface area contributed by atoms with Crippen molar-refractivity contribution in [3.05, 3.63) is 40.5 Å². The third kappa shape index (κ3) is 3.59. The number of imidazole rings is 1. The van der Waals surface area contributed by atoms with Gasteiger partial charge in [0, 0.05) is 29.1 Å². The van der Waals surface area contributed by atoms with Gasteiger partial charge >= 0.3 is 0 Å². The Hall–Kier alpha value is -1.53. The molecule has 24 heavy (non-hydrogen) atoms. The zero-order valence-corrected chi connectivity index (χ0v) is 15.4. The number of hydrogen-bond acceptors (Lipinski definition) is 4. The lowest BCUT2D eigenvalue weighted by Gasteiger charge is -2.20. The van der Waals surface area contributed by atoms with Gasteiger partial charge in [-0.15, -0.1) is 0 Å². The van der Waals surface area contributed by atoms with Crippen LogP contribution in [0.1, 0.15) is 36.4 Å². The van der Waals surface area contributed by atoms with E-state index in [2.05, 4.69) is 30.3 Å². The van der Waals surface area contributed by atoms with Crippen LogP contribution in [-0.2, 0) is 23.6 Å². The lowest BCUT2D eigenvalue weighted by molar-refractivity contribution is -0.0171. The van der Waals surface area contributed by atoms with Crippen molar-refractivity contribution in [2.45, 2.75) is 51.8 Å². The summed E-state index contributed by atoms with van der Waals surface area (Å²) in [6.07, 6.45) is 0. The van der Waals surface area contributed by atoms with E-state index >= 15 is 0 Å². The minimum atomic E-state index is -0.253. The second kappa shape index (κ2) is 7.15. The van der Waals surface area contributed by atoms with Crippen LogP contribution < -0.4 is 4.74 Å². The molecule has 1 aliphatic heterocycles. The SMILES string of the molecule is Cc1nc(SCc2cc(F)cc3c2OCOC3)n(CC(C)C)c1C. The fraction of sp³-hybridized carbons (Fsp3) is 0.500. The maximum atomic E-state index is 13.9. The first-order valence-electron chi connectivity index (χ1n) is 8.14. The summed E-state index contributed by atoms with van der Waals surface area (Å²) in [6.45, 7) is 10.1. The van der Waals surface area contributed by atoms with Gasteiger partial charge in [0.2, 0.25) is 0 Å². The Morgan fingerprint density at radius 2 is 2.12 bits per heavy atom. The molecule has 6 heteroatoms. The summed E-state index contributed by atoms with van der Waals surface area (Å²) in [7, 11) is 0. The molecule has 0 atom stereocenters. The highest BCUT2D eigenvalue weighted by molar-refractivity contribution is 7.98. The molecule has 0 bridgehead atoms. The van der Waals surface area contributed by atoms with E-state index in [1.165, 1.54) is 11.8 Å². The van der Waals surface area contributed by atoms with Gasteiger partial charge in [0.15, 0.2) is 11.9 Å². The largest absolute Gasteiger partial charge is 0.467 e. The number of thioether (sulfide) groups is 1. The second-order valence-electron chi connectivity index (χ2n) is 6.52. The Kier molecular flexibility index (Phi) is 5.15. The lowest BCUT2D eigenvalue weighted by atomic mass is 10.1. The van der Waals surface area contributed by atoms with Crippen LogP contribution in [0.15, 0.2) is 17.3 Å². The number of ether oxygens (including phenoxy) is 2. The molecule has 0 saturated carbocycles. The summed E-state index contributed by atoms with van der Waals surface area (Å²) < 4.78 is 26.9. The smallest absolute Gasteiger partial charge is 0.189 e. The molecule has 3 rings (SSSR count). The van der Waals surface area contributed by atoms with Crippen LogP contribution >= 0.6 is 11.8 Å². The fourth-order valence-electron chi connectivity index (χ4n) is 2.82. The Bertz CT molecular complexity index is 743. The van der Waals surface area contributed by atoms with E-state index in [0.29, 0.717) is 18.3 Å². The quantitative estimate of drug-likeness (QED) is 0.746. The lowest BCUT2D eigenvalue weighted by Crippen LogP contribution is -2.13. The predicted octanol–water partition coefficient (Wildman–Crippen LogP) is 4.45. The van der Waals surface area contributed by atoms with Gasteiger partial charge in [-0.05, 0) is 31.9 Å². The van der Waals surface area contributed by atoms with Crippen molar-refractivity contribution < 1.29 is 13.9 Å². The van der Waals surface area contributed by atoms with Gasteiger partial charge < -0.3 is 14.0 Å². The number of benzene rings is 1. The van der Waals surface area contributed by atoms with E-state index in [-0.39, 0.29) is 12.6 Å². The zero-order valence-electron chi connectivity index (χ0n) is 14.6. The molecule has 0 saturated heterocycles. The number of nitrogens with zero attached hydrogens (tertiary/aromatic N) is 2. The predicted molar refractivity (Wildman–Crippen MR) is 92.8 cm³/mol. The number of aromatic nitrogens is 2. The van der Waals surface area contributed by atoms with E-state index in [1.807, 2.05) is 6.92 Å². The molecule has 2 aromatic rings. The summed E-state index contributed by atoms with van der Waals surface area (Å²) in [5, 5.41) is 0.976. The van der Waals surface area contributed by atoms with Crippen molar-refractivity contribution in [2.75, 3.05) is 6.79 Å². The summed E-state index contributed by atoms with van der Waals surface area (Å²) >= 11 is 1.62. The third-order valence-electron chi connectivity index (χ3n) is 4.08. The van der Waals surface area contributed by atoms with Crippen molar-refractivity contribution in [2.24, 2.45) is 5.92 Å². The minimum absolute atomic E-state index is 0.219. The molecule has 0 N–H and O–H groups in total. The average molecular weight is 350 g/mol. The Morgan fingerprint density at radius 3 is 2.88 bits per heavy atom. The molecule has 1 aromatic carbocycles. The molecule has 0 aliphatic carbocycles. The Morgan fingerprint density at radius 1 is 1.33 bits per heavy atom. The van der Waals surface area contributed by atoms with Crippen molar-refractivity contribution in [3.63, 3.8) is 0 Å². The summed E-state index contributed by atoms with van der Waals surface area (Å²) in [5.41, 5.74) is 3.86. The van der Waals surface area contributed by atoms with E-state index in [0.717, 1.165) is 34.3 Å². The van der Waals surface area contributed by atoms with E-state index < -0.39 is 0 Å². The van der Waals surface area contributed by atoms with E-state index in [1.54, 1.807) is 17.8 Å². The standard InChI is InChI=1S/C18H23FN2O2S/c1-11(2)7-21-13(4)12(3)20-18(21)24-9-15-6-16(19)5-14-8-22-10-23-17(14)15/h5-6,11H,7-10H2,1-4H3. The van der Waals surface area contributed by atoms with E-state index in [9.17, 15) is 4.39 Å². The van der Waals surface area contributed by atoms with Crippen LogP contribution in [0.25, 0.3) is 0 Å². The van der Waals surface area contributed by atoms with Gasteiger partial charge in [0.1, 0.15) is 11.6 Å². The van der Waals surface area contributed by atoms with Gasteiger partial charge in [-0.3, -0.25) is 0 Å². The van der Waals surface area contributed by atoms with Crippen LogP contribution in [-0.4, -0.2) is 16.3 Å². The van der Waals surface area contributed by atoms with Gasteiger partial charge in [-0.1, -0.05) is 25.6 Å². The highest BCUT2D eigenvalue weighted by Gasteiger charge is 2.19. The van der Waals surface area contributed by atoms with Crippen molar-refractivity contribution >= 4 is 11.8 Å². The molecule has 4 nitrogen and oxygen atoms in total. The number of halogens is 1. The van der Waals surface area contributed by atoms with Crippen molar-refractivity contribution in [1.29, 1.82) is 0 Å². The Balaban J connectivity index is 1.84. The first kappa shape index (κ1) is 17.3. The van der Waals surface area contributed by atoms with Gasteiger partial charge in [-0.25, -0.2) is 9.37 Å². The number of hydrogen-bond donors (Lipinski definition) is 0. The molecule has 2 heterocycles. The molecule has 0 unspecified atom stereocenters. The van der Waals surface area contributed by atoms with Crippen LogP contribution in [0.2, 0.25) is 0 Å². The maximum absolute atomic E-state index is 13.9. The number of fused-ring (bicyclic) bond motifs is 1. The molecule has 0 spiro atoms. The summed E-state index contributed by atoms with van der Waals surface area (Å²) in [4.78, 5) is 4.68. The summed E-state index contributed by atoms with van der Waals surface area (Å²) in [5.74, 6) is 1.66. The van der Waals surface area contributed by atoms with Crippen LogP contribution in [0.3, 0.4) is 0 Å². The monoisotopic (exact) mass is 350 g/mol. The van der Waals surface area contributed by atoms with Gasteiger partial charge in [-0.2, -0.15) is 0 Å². The van der Waals surface area contributed by atoms with Crippen molar-refractivity contribution in [3.8, 4) is 5.75 Å². The minimum Gasteiger partial charge on any atom is -0.467 e. The molecule has 1 aliphatic rings. The first-order chi connectivity index (χ1) is 11.5.